The Labute approximate surface area is 110 Å². The maximum atomic E-state index is 11.9. The average molecular weight is 273 g/mol. The molecule has 0 radical (unpaired) electrons. The molecule has 2 rings (SSSR count). The quantitative estimate of drug-likeness (QED) is 0.900. The summed E-state index contributed by atoms with van der Waals surface area (Å²) in [6, 6.07) is 3.53. The molecule has 3 nitrogen and oxygen atoms in total. The van der Waals surface area contributed by atoms with Gasteiger partial charge in [-0.15, -0.1) is 0 Å². The van der Waals surface area contributed by atoms with E-state index < -0.39 is 0 Å². The van der Waals surface area contributed by atoms with E-state index in [-0.39, 0.29) is 11.8 Å². The second-order valence-corrected chi connectivity index (χ2v) is 5.18. The van der Waals surface area contributed by atoms with Crippen LogP contribution in [-0.2, 0) is 4.79 Å². The molecule has 1 unspecified atom stereocenters. The van der Waals surface area contributed by atoms with Crippen LogP contribution >= 0.6 is 23.2 Å². The molecule has 1 aromatic carbocycles. The van der Waals surface area contributed by atoms with Crippen molar-refractivity contribution in [3.8, 4) is 0 Å². The van der Waals surface area contributed by atoms with Gasteiger partial charge in [0.15, 0.2) is 0 Å². The molecule has 1 heterocycles. The maximum Gasteiger partial charge on any atom is 0.227 e. The van der Waals surface area contributed by atoms with Gasteiger partial charge in [-0.1, -0.05) is 23.2 Å². The fourth-order valence-electron chi connectivity index (χ4n) is 2.02. The van der Waals surface area contributed by atoms with Gasteiger partial charge in [-0.25, -0.2) is 0 Å². The highest BCUT2D eigenvalue weighted by Gasteiger charge is 2.30. The number of carbonyl (C=O) groups is 1. The first-order valence-electron chi connectivity index (χ1n) is 5.49. The van der Waals surface area contributed by atoms with Crippen molar-refractivity contribution < 1.29 is 4.79 Å². The van der Waals surface area contributed by atoms with Crippen LogP contribution in [0.25, 0.3) is 0 Å². The highest BCUT2D eigenvalue weighted by molar-refractivity contribution is 6.37. The van der Waals surface area contributed by atoms with E-state index in [4.69, 9.17) is 28.9 Å². The third-order valence-corrected chi connectivity index (χ3v) is 3.77. The number of anilines is 1. The number of nitrogens with zero attached hydrogens (tertiary/aromatic N) is 1. The SMILES string of the molecule is Cc1cc(N2CC(CN)CC2=O)c(Cl)cc1Cl. The predicted molar refractivity (Wildman–Crippen MR) is 70.7 cm³/mol. The lowest BCUT2D eigenvalue weighted by Crippen LogP contribution is -2.26. The standard InChI is InChI=1S/C12H14Cl2N2O/c1-7-2-11(10(14)4-9(7)13)16-6-8(5-15)3-12(16)17/h2,4,8H,3,5-6,15H2,1H3. The average Bonchev–Trinajstić information content (AvgIpc) is 2.65. The van der Waals surface area contributed by atoms with E-state index in [2.05, 4.69) is 0 Å². The molecule has 0 saturated carbocycles. The minimum Gasteiger partial charge on any atom is -0.330 e. The van der Waals surface area contributed by atoms with Crippen molar-refractivity contribution in [1.82, 2.24) is 0 Å². The first kappa shape index (κ1) is 12.7. The summed E-state index contributed by atoms with van der Waals surface area (Å²) in [4.78, 5) is 13.6. The van der Waals surface area contributed by atoms with Gasteiger partial charge in [-0.2, -0.15) is 0 Å². The fourth-order valence-corrected chi connectivity index (χ4v) is 2.51. The summed E-state index contributed by atoms with van der Waals surface area (Å²) in [7, 11) is 0. The number of rotatable bonds is 2. The zero-order chi connectivity index (χ0) is 12.6. The van der Waals surface area contributed by atoms with Crippen molar-refractivity contribution in [3.05, 3.63) is 27.7 Å². The summed E-state index contributed by atoms with van der Waals surface area (Å²) in [5, 5.41) is 1.12. The van der Waals surface area contributed by atoms with E-state index in [0.717, 1.165) is 11.3 Å². The van der Waals surface area contributed by atoms with Crippen LogP contribution < -0.4 is 10.6 Å². The summed E-state index contributed by atoms with van der Waals surface area (Å²) >= 11 is 12.1. The first-order chi connectivity index (χ1) is 8.02. The highest BCUT2D eigenvalue weighted by atomic mass is 35.5. The van der Waals surface area contributed by atoms with E-state index in [1.807, 2.05) is 13.0 Å². The van der Waals surface area contributed by atoms with Crippen molar-refractivity contribution in [2.45, 2.75) is 13.3 Å². The zero-order valence-corrected chi connectivity index (χ0v) is 11.1. The Morgan fingerprint density at radius 2 is 2.12 bits per heavy atom. The smallest absolute Gasteiger partial charge is 0.227 e. The molecule has 1 aromatic rings. The molecule has 1 saturated heterocycles. The lowest BCUT2D eigenvalue weighted by Gasteiger charge is -2.19. The largest absolute Gasteiger partial charge is 0.330 e. The minimum atomic E-state index is 0.0732. The summed E-state index contributed by atoms with van der Waals surface area (Å²) in [5.41, 5.74) is 7.24. The van der Waals surface area contributed by atoms with Crippen LogP contribution in [-0.4, -0.2) is 19.0 Å². The van der Waals surface area contributed by atoms with Crippen LogP contribution in [0.4, 0.5) is 5.69 Å². The van der Waals surface area contributed by atoms with Gasteiger partial charge in [0.2, 0.25) is 5.91 Å². The predicted octanol–water partition coefficient (Wildman–Crippen LogP) is 2.61. The van der Waals surface area contributed by atoms with Gasteiger partial charge in [0.1, 0.15) is 0 Å². The molecular formula is C12H14Cl2N2O. The van der Waals surface area contributed by atoms with Gasteiger partial charge in [0.25, 0.3) is 0 Å². The van der Waals surface area contributed by atoms with Crippen LogP contribution in [0, 0.1) is 12.8 Å². The third kappa shape index (κ3) is 2.41. The maximum absolute atomic E-state index is 11.9. The highest BCUT2D eigenvalue weighted by Crippen LogP contribution is 2.34. The molecule has 1 atom stereocenters. The number of halogens is 2. The number of aryl methyl sites for hydroxylation is 1. The summed E-state index contributed by atoms with van der Waals surface area (Å²) in [5.74, 6) is 0.290. The van der Waals surface area contributed by atoms with Crippen LogP contribution in [0.15, 0.2) is 12.1 Å². The monoisotopic (exact) mass is 272 g/mol. The number of carbonyl (C=O) groups excluding carboxylic acids is 1. The molecule has 0 aliphatic carbocycles. The van der Waals surface area contributed by atoms with Crippen molar-refractivity contribution in [2.75, 3.05) is 18.0 Å². The van der Waals surface area contributed by atoms with Gasteiger partial charge in [-0.3, -0.25) is 4.79 Å². The molecule has 0 spiro atoms. The number of hydrogen-bond acceptors (Lipinski definition) is 2. The molecule has 0 bridgehead atoms. The third-order valence-electron chi connectivity index (χ3n) is 3.06. The minimum absolute atomic E-state index is 0.0732. The molecule has 1 aliphatic heterocycles. The molecule has 2 N–H and O–H groups in total. The van der Waals surface area contributed by atoms with E-state index in [9.17, 15) is 4.79 Å². The Bertz CT molecular complexity index is 462. The normalized spacial score (nSPS) is 20.1. The summed E-state index contributed by atoms with van der Waals surface area (Å²) in [6.45, 7) is 3.05. The van der Waals surface area contributed by atoms with Crippen molar-refractivity contribution in [2.24, 2.45) is 11.7 Å². The number of amides is 1. The Hall–Kier alpha value is -0.770. The lowest BCUT2D eigenvalue weighted by molar-refractivity contribution is -0.117. The van der Waals surface area contributed by atoms with Gasteiger partial charge in [0, 0.05) is 18.0 Å². The Morgan fingerprint density at radius 3 is 2.71 bits per heavy atom. The summed E-state index contributed by atoms with van der Waals surface area (Å²) in [6.07, 6.45) is 0.495. The van der Waals surface area contributed by atoms with Crippen LogP contribution in [0.2, 0.25) is 10.0 Å². The molecule has 0 aromatic heterocycles. The fraction of sp³-hybridized carbons (Fsp3) is 0.417. The zero-order valence-electron chi connectivity index (χ0n) is 9.54. The topological polar surface area (TPSA) is 46.3 Å². The van der Waals surface area contributed by atoms with Crippen LogP contribution in [0.1, 0.15) is 12.0 Å². The van der Waals surface area contributed by atoms with E-state index in [1.165, 1.54) is 0 Å². The molecule has 1 amide bonds. The van der Waals surface area contributed by atoms with Crippen molar-refractivity contribution in [3.63, 3.8) is 0 Å². The van der Waals surface area contributed by atoms with Gasteiger partial charge in [0.05, 0.1) is 10.7 Å². The number of hydrogen-bond donors (Lipinski definition) is 1. The van der Waals surface area contributed by atoms with Crippen molar-refractivity contribution in [1.29, 1.82) is 0 Å². The van der Waals surface area contributed by atoms with Gasteiger partial charge < -0.3 is 10.6 Å². The van der Waals surface area contributed by atoms with Crippen molar-refractivity contribution >= 4 is 34.8 Å². The van der Waals surface area contributed by atoms with Gasteiger partial charge in [-0.05, 0) is 37.1 Å². The Kier molecular flexibility index (Phi) is 3.61. The van der Waals surface area contributed by atoms with Crippen LogP contribution in [0.5, 0.6) is 0 Å². The van der Waals surface area contributed by atoms with Gasteiger partial charge >= 0.3 is 0 Å². The molecule has 92 valence electrons. The molecule has 1 fully saturated rings. The lowest BCUT2D eigenvalue weighted by atomic mass is 10.1. The second-order valence-electron chi connectivity index (χ2n) is 4.36. The Morgan fingerprint density at radius 1 is 1.41 bits per heavy atom. The van der Waals surface area contributed by atoms with E-state index in [1.54, 1.807) is 11.0 Å². The first-order valence-corrected chi connectivity index (χ1v) is 6.24. The van der Waals surface area contributed by atoms with E-state index in [0.29, 0.717) is 29.6 Å². The Balaban J connectivity index is 2.35. The molecule has 5 heteroatoms. The summed E-state index contributed by atoms with van der Waals surface area (Å²) < 4.78 is 0. The van der Waals surface area contributed by atoms with E-state index >= 15 is 0 Å². The second kappa shape index (κ2) is 4.84. The molecule has 17 heavy (non-hydrogen) atoms. The number of benzene rings is 1. The molecule has 1 aliphatic rings. The molecular weight excluding hydrogens is 259 g/mol. The van der Waals surface area contributed by atoms with Crippen LogP contribution in [0.3, 0.4) is 0 Å². The number of nitrogens with two attached hydrogens (primary N) is 1.